The molecule has 0 spiro atoms. The van der Waals surface area contributed by atoms with Gasteiger partial charge in [0.25, 0.3) is 0 Å². The molecule has 2 heteroatoms. The molecular weight excluding hydrogens is 174 g/mol. The van der Waals surface area contributed by atoms with Gasteiger partial charge < -0.3 is 4.74 Å². The van der Waals surface area contributed by atoms with Crippen LogP contribution in [0.1, 0.15) is 26.7 Å². The Hall–Kier alpha value is -1.49. The Morgan fingerprint density at radius 3 is 2.64 bits per heavy atom. The number of nitrogens with zero attached hydrogens (tertiary/aromatic N) is 1. The Kier molecular flexibility index (Phi) is 7.26. The standard InChI is InChI=1S/C12H17NO/c1-4-6-11(8-9-13)10-12(14-3)7-5-2/h4,6-7,10H,5,8H2,1-3H3/b6-4-,11-10+,12-7-. The lowest BCUT2D eigenvalue weighted by molar-refractivity contribution is 0.305. The molecule has 0 saturated carbocycles. The van der Waals surface area contributed by atoms with Gasteiger partial charge in [0.1, 0.15) is 5.76 Å². The van der Waals surface area contributed by atoms with Gasteiger partial charge in [0.2, 0.25) is 0 Å². The first-order valence-electron chi connectivity index (χ1n) is 4.72. The second-order valence-corrected chi connectivity index (χ2v) is 2.77. The molecule has 0 saturated heterocycles. The maximum absolute atomic E-state index is 8.59. The molecule has 76 valence electrons. The summed E-state index contributed by atoms with van der Waals surface area (Å²) in [7, 11) is 1.64. The smallest absolute Gasteiger partial charge is 0.115 e. The van der Waals surface area contributed by atoms with Crippen LogP contribution in [0.5, 0.6) is 0 Å². The summed E-state index contributed by atoms with van der Waals surface area (Å²) in [6.07, 6.45) is 9.06. The molecule has 0 aromatic rings. The summed E-state index contributed by atoms with van der Waals surface area (Å²) in [5.74, 6) is 0.816. The van der Waals surface area contributed by atoms with Crippen LogP contribution in [0.3, 0.4) is 0 Å². The van der Waals surface area contributed by atoms with Crippen molar-refractivity contribution < 1.29 is 4.74 Å². The largest absolute Gasteiger partial charge is 0.497 e. The van der Waals surface area contributed by atoms with Crippen molar-refractivity contribution in [3.63, 3.8) is 0 Å². The number of hydrogen-bond acceptors (Lipinski definition) is 2. The molecule has 0 aliphatic rings. The van der Waals surface area contributed by atoms with Gasteiger partial charge in [0.05, 0.1) is 19.6 Å². The lowest BCUT2D eigenvalue weighted by Crippen LogP contribution is -1.85. The van der Waals surface area contributed by atoms with Crippen molar-refractivity contribution in [1.82, 2.24) is 0 Å². The van der Waals surface area contributed by atoms with E-state index in [1.54, 1.807) is 7.11 Å². The summed E-state index contributed by atoms with van der Waals surface area (Å²) in [4.78, 5) is 0. The summed E-state index contributed by atoms with van der Waals surface area (Å²) in [5, 5.41) is 8.59. The van der Waals surface area contributed by atoms with E-state index in [2.05, 4.69) is 6.07 Å². The van der Waals surface area contributed by atoms with E-state index in [1.165, 1.54) is 0 Å². The first-order valence-corrected chi connectivity index (χ1v) is 4.72. The maximum Gasteiger partial charge on any atom is 0.115 e. The van der Waals surface area contributed by atoms with Crippen LogP contribution in [-0.2, 0) is 4.74 Å². The Morgan fingerprint density at radius 2 is 2.21 bits per heavy atom. The minimum Gasteiger partial charge on any atom is -0.497 e. The van der Waals surface area contributed by atoms with E-state index in [0.717, 1.165) is 17.8 Å². The van der Waals surface area contributed by atoms with Crippen LogP contribution < -0.4 is 0 Å². The van der Waals surface area contributed by atoms with Gasteiger partial charge >= 0.3 is 0 Å². The van der Waals surface area contributed by atoms with Gasteiger partial charge in [-0.3, -0.25) is 0 Å². The highest BCUT2D eigenvalue weighted by atomic mass is 16.5. The number of methoxy groups -OCH3 is 1. The van der Waals surface area contributed by atoms with Crippen molar-refractivity contribution in [1.29, 1.82) is 5.26 Å². The Morgan fingerprint density at radius 1 is 1.50 bits per heavy atom. The molecule has 0 aliphatic carbocycles. The van der Waals surface area contributed by atoms with Crippen LogP contribution in [0.2, 0.25) is 0 Å². The summed E-state index contributed by atoms with van der Waals surface area (Å²) in [5.41, 5.74) is 0.969. The molecule has 0 amide bonds. The van der Waals surface area contributed by atoms with Crippen molar-refractivity contribution in [2.45, 2.75) is 26.7 Å². The van der Waals surface area contributed by atoms with E-state index in [9.17, 15) is 0 Å². The molecule has 0 N–H and O–H groups in total. The van der Waals surface area contributed by atoms with Gasteiger partial charge in [0.15, 0.2) is 0 Å². The monoisotopic (exact) mass is 191 g/mol. The molecule has 0 atom stereocenters. The third-order valence-corrected chi connectivity index (χ3v) is 1.63. The van der Waals surface area contributed by atoms with E-state index in [4.69, 9.17) is 10.00 Å². The summed E-state index contributed by atoms with van der Waals surface area (Å²) >= 11 is 0. The molecule has 0 aromatic heterocycles. The van der Waals surface area contributed by atoms with E-state index < -0.39 is 0 Å². The molecule has 0 radical (unpaired) electrons. The highest BCUT2D eigenvalue weighted by Crippen LogP contribution is 2.09. The van der Waals surface area contributed by atoms with Crippen molar-refractivity contribution in [3.8, 4) is 6.07 Å². The third kappa shape index (κ3) is 5.21. The fourth-order valence-electron chi connectivity index (χ4n) is 1.05. The van der Waals surface area contributed by atoms with E-state index in [-0.39, 0.29) is 0 Å². The third-order valence-electron chi connectivity index (χ3n) is 1.63. The second-order valence-electron chi connectivity index (χ2n) is 2.77. The quantitative estimate of drug-likeness (QED) is 0.493. The molecule has 2 nitrogen and oxygen atoms in total. The topological polar surface area (TPSA) is 33.0 Å². The maximum atomic E-state index is 8.59. The molecule has 0 unspecified atom stereocenters. The molecule has 0 fully saturated rings. The number of hydrogen-bond donors (Lipinski definition) is 0. The van der Waals surface area contributed by atoms with Crippen LogP contribution in [0.4, 0.5) is 0 Å². The zero-order valence-electron chi connectivity index (χ0n) is 9.08. The van der Waals surface area contributed by atoms with Crippen LogP contribution in [0.25, 0.3) is 0 Å². The summed E-state index contributed by atoms with van der Waals surface area (Å²) in [6, 6.07) is 2.12. The van der Waals surface area contributed by atoms with Gasteiger partial charge in [-0.1, -0.05) is 19.1 Å². The van der Waals surface area contributed by atoms with E-state index in [1.807, 2.05) is 38.2 Å². The zero-order chi connectivity index (χ0) is 10.8. The van der Waals surface area contributed by atoms with Crippen LogP contribution in [-0.4, -0.2) is 7.11 Å². The molecule has 0 aliphatic heterocycles. The molecule has 14 heavy (non-hydrogen) atoms. The van der Waals surface area contributed by atoms with Crippen molar-refractivity contribution in [2.75, 3.05) is 7.11 Å². The fraction of sp³-hybridized carbons (Fsp3) is 0.417. The minimum atomic E-state index is 0.411. The second kappa shape index (κ2) is 8.12. The number of nitriles is 1. The predicted molar refractivity (Wildman–Crippen MR) is 58.5 cm³/mol. The van der Waals surface area contributed by atoms with E-state index >= 15 is 0 Å². The minimum absolute atomic E-state index is 0.411. The number of rotatable bonds is 5. The van der Waals surface area contributed by atoms with Gasteiger partial charge in [-0.05, 0) is 31.1 Å². The van der Waals surface area contributed by atoms with Crippen molar-refractivity contribution >= 4 is 0 Å². The van der Waals surface area contributed by atoms with Crippen LogP contribution in [0.15, 0.2) is 35.6 Å². The predicted octanol–water partition coefficient (Wildman–Crippen LogP) is 3.34. The van der Waals surface area contributed by atoms with Crippen molar-refractivity contribution in [3.05, 3.63) is 35.6 Å². The normalized spacial score (nSPS) is 13.0. The van der Waals surface area contributed by atoms with Gasteiger partial charge in [-0.15, -0.1) is 0 Å². The fourth-order valence-corrected chi connectivity index (χ4v) is 1.05. The average molecular weight is 191 g/mol. The van der Waals surface area contributed by atoms with Gasteiger partial charge in [0, 0.05) is 0 Å². The zero-order valence-corrected chi connectivity index (χ0v) is 9.08. The Balaban J connectivity index is 4.69. The lowest BCUT2D eigenvalue weighted by Gasteiger charge is -2.01. The summed E-state index contributed by atoms with van der Waals surface area (Å²) in [6.45, 7) is 3.98. The molecule has 0 aromatic carbocycles. The highest BCUT2D eigenvalue weighted by molar-refractivity contribution is 5.29. The first-order chi connectivity index (χ1) is 6.78. The molecule has 0 rings (SSSR count). The Labute approximate surface area is 86.2 Å². The van der Waals surface area contributed by atoms with Gasteiger partial charge in [-0.2, -0.15) is 5.26 Å². The first kappa shape index (κ1) is 12.5. The highest BCUT2D eigenvalue weighted by Gasteiger charge is 1.94. The molecule has 0 heterocycles. The van der Waals surface area contributed by atoms with Crippen LogP contribution in [0, 0.1) is 11.3 Å². The van der Waals surface area contributed by atoms with E-state index in [0.29, 0.717) is 6.42 Å². The van der Waals surface area contributed by atoms with Crippen LogP contribution >= 0.6 is 0 Å². The lowest BCUT2D eigenvalue weighted by atomic mass is 10.1. The van der Waals surface area contributed by atoms with Crippen molar-refractivity contribution in [2.24, 2.45) is 0 Å². The van der Waals surface area contributed by atoms with Gasteiger partial charge in [-0.25, -0.2) is 0 Å². The number of ether oxygens (including phenoxy) is 1. The SMILES string of the molecule is C\C=C/C(=C\C(=C\CC)OC)CC#N. The molecular formula is C12H17NO. The molecule has 0 bridgehead atoms. The Bertz CT molecular complexity index is 279. The number of allylic oxidation sites excluding steroid dienone is 5. The summed E-state index contributed by atoms with van der Waals surface area (Å²) < 4.78 is 5.16. The average Bonchev–Trinajstić information content (AvgIpc) is 2.18.